The molecule has 0 amide bonds. The van der Waals surface area contributed by atoms with Gasteiger partial charge in [0.25, 0.3) is 0 Å². The van der Waals surface area contributed by atoms with E-state index in [1.54, 1.807) is 13.3 Å². The van der Waals surface area contributed by atoms with Crippen molar-refractivity contribution >= 4 is 10.9 Å². The molecule has 4 heterocycles. The first-order chi connectivity index (χ1) is 11.7. The van der Waals surface area contributed by atoms with Crippen molar-refractivity contribution in [1.82, 2.24) is 9.88 Å². The predicted molar refractivity (Wildman–Crippen MR) is 95.0 cm³/mol. The van der Waals surface area contributed by atoms with Crippen molar-refractivity contribution in [2.24, 2.45) is 11.8 Å². The molecule has 1 unspecified atom stereocenters. The molecule has 3 fully saturated rings. The van der Waals surface area contributed by atoms with E-state index in [-0.39, 0.29) is 6.04 Å². The standard InChI is InChI=1S/C20H24N2O2/c1-3-13-12-22-9-7-14(13)10-19(22)20(23)16-6-8-21-18-5-4-15(24-2)11-17(16)18/h3-6,8,11,13-14,19-20,23H,1,7,9-10,12H2,2H3/t13-,14+,19-,20-/m0/s1. The largest absolute Gasteiger partial charge is 0.497 e. The van der Waals surface area contributed by atoms with Crippen molar-refractivity contribution in [1.29, 1.82) is 0 Å². The van der Waals surface area contributed by atoms with Crippen molar-refractivity contribution in [3.8, 4) is 5.75 Å². The molecule has 1 aromatic heterocycles. The number of hydrogen-bond donors (Lipinski definition) is 1. The molecule has 2 aromatic rings. The van der Waals surface area contributed by atoms with Gasteiger partial charge in [0.2, 0.25) is 0 Å². The SMILES string of the molecule is C=C[C@H]1CN2CC[C@@H]1C[C@H]2[C@@H](O)c1ccnc2ccc(OC)cc12. The van der Waals surface area contributed by atoms with Gasteiger partial charge in [0.05, 0.1) is 18.7 Å². The van der Waals surface area contributed by atoms with Crippen molar-refractivity contribution in [3.63, 3.8) is 0 Å². The molecule has 0 aliphatic carbocycles. The Balaban J connectivity index is 1.69. The third-order valence-corrected chi connectivity index (χ3v) is 5.82. The van der Waals surface area contributed by atoms with Gasteiger partial charge in [-0.2, -0.15) is 0 Å². The Morgan fingerprint density at radius 2 is 2.29 bits per heavy atom. The third kappa shape index (κ3) is 2.50. The van der Waals surface area contributed by atoms with Crippen LogP contribution in [0.3, 0.4) is 0 Å². The van der Waals surface area contributed by atoms with E-state index in [0.29, 0.717) is 11.8 Å². The Labute approximate surface area is 142 Å². The zero-order chi connectivity index (χ0) is 16.7. The minimum Gasteiger partial charge on any atom is -0.497 e. The number of nitrogens with zero attached hydrogens (tertiary/aromatic N) is 2. The Morgan fingerprint density at radius 3 is 3.00 bits per heavy atom. The second kappa shape index (κ2) is 6.19. The number of piperidine rings is 3. The van der Waals surface area contributed by atoms with E-state index in [2.05, 4.69) is 22.5 Å². The number of aliphatic hydroxyl groups excluding tert-OH is 1. The lowest BCUT2D eigenvalue weighted by molar-refractivity contribution is -0.0444. The van der Waals surface area contributed by atoms with Crippen LogP contribution in [0.1, 0.15) is 24.5 Å². The molecule has 3 aliphatic rings. The number of benzene rings is 1. The van der Waals surface area contributed by atoms with E-state index >= 15 is 0 Å². The minimum atomic E-state index is -0.504. The number of rotatable bonds is 4. The highest BCUT2D eigenvalue weighted by atomic mass is 16.5. The van der Waals surface area contributed by atoms with Crippen LogP contribution in [0.15, 0.2) is 43.1 Å². The first-order valence-electron chi connectivity index (χ1n) is 8.68. The van der Waals surface area contributed by atoms with Gasteiger partial charge < -0.3 is 9.84 Å². The highest BCUT2D eigenvalue weighted by molar-refractivity contribution is 5.83. The molecule has 2 bridgehead atoms. The van der Waals surface area contributed by atoms with Crippen molar-refractivity contribution < 1.29 is 9.84 Å². The van der Waals surface area contributed by atoms with Crippen LogP contribution in [0.25, 0.3) is 10.9 Å². The molecule has 0 spiro atoms. The summed E-state index contributed by atoms with van der Waals surface area (Å²) in [7, 11) is 1.66. The molecular formula is C20H24N2O2. The summed E-state index contributed by atoms with van der Waals surface area (Å²) in [5.74, 6) is 2.01. The van der Waals surface area contributed by atoms with Crippen LogP contribution in [0, 0.1) is 11.8 Å². The van der Waals surface area contributed by atoms with Gasteiger partial charge in [-0.3, -0.25) is 9.88 Å². The second-order valence-corrected chi connectivity index (χ2v) is 6.97. The summed E-state index contributed by atoms with van der Waals surface area (Å²) in [5.41, 5.74) is 1.85. The van der Waals surface area contributed by atoms with E-state index < -0.39 is 6.10 Å². The van der Waals surface area contributed by atoms with Gasteiger partial charge >= 0.3 is 0 Å². The number of fused-ring (bicyclic) bond motifs is 4. The number of pyridine rings is 1. The van der Waals surface area contributed by atoms with Gasteiger partial charge in [-0.15, -0.1) is 6.58 Å². The topological polar surface area (TPSA) is 45.6 Å². The Hall–Kier alpha value is -1.91. The van der Waals surface area contributed by atoms with Crippen molar-refractivity contribution in [2.75, 3.05) is 20.2 Å². The van der Waals surface area contributed by atoms with Gasteiger partial charge in [0.1, 0.15) is 5.75 Å². The van der Waals surface area contributed by atoms with Crippen LogP contribution < -0.4 is 4.74 Å². The van der Waals surface area contributed by atoms with E-state index in [1.807, 2.05) is 24.3 Å². The quantitative estimate of drug-likeness (QED) is 0.878. The summed E-state index contributed by atoms with van der Waals surface area (Å²) in [6, 6.07) is 7.96. The Bertz CT molecular complexity index is 760. The lowest BCUT2D eigenvalue weighted by Crippen LogP contribution is -2.54. The lowest BCUT2D eigenvalue weighted by atomic mass is 9.73. The molecule has 3 saturated heterocycles. The van der Waals surface area contributed by atoms with Gasteiger partial charge in [-0.1, -0.05) is 6.08 Å². The summed E-state index contributed by atoms with van der Waals surface area (Å²) < 4.78 is 5.35. The average molecular weight is 324 g/mol. The van der Waals surface area contributed by atoms with Crippen LogP contribution in [-0.2, 0) is 0 Å². The number of aromatic nitrogens is 1. The van der Waals surface area contributed by atoms with Crippen molar-refractivity contribution in [3.05, 3.63) is 48.7 Å². The fraction of sp³-hybridized carbons (Fsp3) is 0.450. The molecule has 5 atom stereocenters. The first-order valence-corrected chi connectivity index (χ1v) is 8.68. The maximum atomic E-state index is 11.2. The van der Waals surface area contributed by atoms with Crippen LogP contribution >= 0.6 is 0 Å². The summed E-state index contributed by atoms with van der Waals surface area (Å²) >= 11 is 0. The maximum absolute atomic E-state index is 11.2. The molecule has 1 aromatic carbocycles. The minimum absolute atomic E-state index is 0.178. The summed E-state index contributed by atoms with van der Waals surface area (Å²) in [6.07, 6.45) is 5.62. The molecule has 126 valence electrons. The zero-order valence-corrected chi connectivity index (χ0v) is 14.1. The molecule has 1 N–H and O–H groups in total. The zero-order valence-electron chi connectivity index (χ0n) is 14.1. The molecule has 0 saturated carbocycles. The fourth-order valence-electron chi connectivity index (χ4n) is 4.44. The summed E-state index contributed by atoms with van der Waals surface area (Å²) in [6.45, 7) is 6.07. The number of aliphatic hydroxyl groups is 1. The predicted octanol–water partition coefficient (Wildman–Crippen LogP) is 3.17. The smallest absolute Gasteiger partial charge is 0.119 e. The normalized spacial score (nSPS) is 30.2. The monoisotopic (exact) mass is 324 g/mol. The van der Waals surface area contributed by atoms with Crippen LogP contribution in [-0.4, -0.2) is 41.2 Å². The Kier molecular flexibility index (Phi) is 4.02. The van der Waals surface area contributed by atoms with Crippen LogP contribution in [0.4, 0.5) is 0 Å². The molecule has 5 rings (SSSR count). The molecular weight excluding hydrogens is 300 g/mol. The van der Waals surface area contributed by atoms with Crippen LogP contribution in [0.2, 0.25) is 0 Å². The first kappa shape index (κ1) is 15.6. The lowest BCUT2D eigenvalue weighted by Gasteiger charge is -2.50. The number of methoxy groups -OCH3 is 1. The fourth-order valence-corrected chi connectivity index (χ4v) is 4.44. The molecule has 4 nitrogen and oxygen atoms in total. The third-order valence-electron chi connectivity index (χ3n) is 5.82. The highest BCUT2D eigenvalue weighted by Crippen LogP contribution is 2.42. The van der Waals surface area contributed by atoms with E-state index in [9.17, 15) is 5.11 Å². The molecule has 3 aliphatic heterocycles. The average Bonchev–Trinajstić information content (AvgIpc) is 2.66. The number of ether oxygens (including phenoxy) is 1. The van der Waals surface area contributed by atoms with Crippen LogP contribution in [0.5, 0.6) is 5.75 Å². The van der Waals surface area contributed by atoms with Gasteiger partial charge in [-0.25, -0.2) is 0 Å². The van der Waals surface area contributed by atoms with E-state index in [4.69, 9.17) is 4.74 Å². The maximum Gasteiger partial charge on any atom is 0.119 e. The van der Waals surface area contributed by atoms with E-state index in [0.717, 1.165) is 41.7 Å². The summed E-state index contributed by atoms with van der Waals surface area (Å²) in [4.78, 5) is 6.86. The van der Waals surface area contributed by atoms with E-state index in [1.165, 1.54) is 6.42 Å². The van der Waals surface area contributed by atoms with Crippen molar-refractivity contribution in [2.45, 2.75) is 25.0 Å². The molecule has 0 radical (unpaired) electrons. The molecule has 24 heavy (non-hydrogen) atoms. The van der Waals surface area contributed by atoms with Gasteiger partial charge in [0.15, 0.2) is 0 Å². The Morgan fingerprint density at radius 1 is 1.42 bits per heavy atom. The highest BCUT2D eigenvalue weighted by Gasteiger charge is 2.42. The summed E-state index contributed by atoms with van der Waals surface area (Å²) in [5, 5.41) is 12.1. The molecule has 4 heteroatoms. The second-order valence-electron chi connectivity index (χ2n) is 6.97. The van der Waals surface area contributed by atoms with Gasteiger partial charge in [0, 0.05) is 24.2 Å². The number of hydrogen-bond acceptors (Lipinski definition) is 4. The van der Waals surface area contributed by atoms with Gasteiger partial charge in [-0.05, 0) is 61.1 Å².